The van der Waals surface area contributed by atoms with Crippen LogP contribution in [0.1, 0.15) is 50.8 Å². The first-order valence-corrected chi connectivity index (χ1v) is 11.4. The van der Waals surface area contributed by atoms with Crippen LogP contribution < -0.4 is 14.8 Å². The lowest BCUT2D eigenvalue weighted by molar-refractivity contribution is -0.115. The van der Waals surface area contributed by atoms with E-state index >= 15 is 0 Å². The fourth-order valence-electron chi connectivity index (χ4n) is 3.93. The van der Waals surface area contributed by atoms with E-state index in [0.29, 0.717) is 42.9 Å². The Morgan fingerprint density at radius 1 is 1.27 bits per heavy atom. The number of carbonyl (C=O) groups excluding carboxylic acids is 1. The summed E-state index contributed by atoms with van der Waals surface area (Å²) >= 11 is 1.42. The zero-order valence-corrected chi connectivity index (χ0v) is 18.1. The predicted molar refractivity (Wildman–Crippen MR) is 117 cm³/mol. The van der Waals surface area contributed by atoms with Crippen LogP contribution in [0.2, 0.25) is 0 Å². The van der Waals surface area contributed by atoms with E-state index in [2.05, 4.69) is 26.7 Å². The van der Waals surface area contributed by atoms with Gasteiger partial charge in [0, 0.05) is 24.2 Å². The summed E-state index contributed by atoms with van der Waals surface area (Å²) in [5, 5.41) is 12.3. The minimum atomic E-state index is -0.329. The highest BCUT2D eigenvalue weighted by Crippen LogP contribution is 2.35. The molecule has 2 aliphatic rings. The van der Waals surface area contributed by atoms with Crippen molar-refractivity contribution in [3.05, 3.63) is 36.7 Å². The normalized spacial score (nSPS) is 17.4. The van der Waals surface area contributed by atoms with Crippen molar-refractivity contribution in [3.8, 4) is 11.5 Å². The number of benzene rings is 1. The molecule has 160 valence electrons. The highest BCUT2D eigenvalue weighted by atomic mass is 32.2. The Kier molecular flexibility index (Phi) is 6.62. The highest BCUT2D eigenvalue weighted by molar-refractivity contribution is 8.00. The summed E-state index contributed by atoms with van der Waals surface area (Å²) in [5.41, 5.74) is 0.687. The number of nitrogens with one attached hydrogen (secondary N) is 1. The van der Waals surface area contributed by atoms with Crippen molar-refractivity contribution in [1.29, 1.82) is 0 Å². The maximum Gasteiger partial charge on any atom is 0.237 e. The first kappa shape index (κ1) is 20.8. The number of amides is 1. The second-order valence-electron chi connectivity index (χ2n) is 7.68. The fraction of sp³-hybridized carbons (Fsp3) is 0.500. The molecule has 0 unspecified atom stereocenters. The molecule has 1 aliphatic carbocycles. The van der Waals surface area contributed by atoms with Gasteiger partial charge in [-0.15, -0.1) is 16.8 Å². The van der Waals surface area contributed by atoms with Crippen LogP contribution >= 0.6 is 11.8 Å². The monoisotopic (exact) mass is 428 g/mol. The minimum Gasteiger partial charge on any atom is -0.486 e. The van der Waals surface area contributed by atoms with E-state index in [1.807, 2.05) is 25.1 Å². The quantitative estimate of drug-likeness (QED) is 0.520. The zero-order valence-electron chi connectivity index (χ0n) is 17.3. The van der Waals surface area contributed by atoms with Crippen LogP contribution in [0, 0.1) is 0 Å². The smallest absolute Gasteiger partial charge is 0.237 e. The molecule has 0 saturated heterocycles. The number of carbonyl (C=O) groups is 1. The second kappa shape index (κ2) is 9.55. The summed E-state index contributed by atoms with van der Waals surface area (Å²) in [6.45, 7) is 7.47. The molecule has 1 aromatic carbocycles. The number of hydrogen-bond acceptors (Lipinski definition) is 6. The third-order valence-electron chi connectivity index (χ3n) is 5.49. The van der Waals surface area contributed by atoms with Crippen molar-refractivity contribution >= 4 is 23.4 Å². The number of aromatic nitrogens is 3. The molecule has 1 aliphatic heterocycles. The first-order chi connectivity index (χ1) is 14.7. The third kappa shape index (κ3) is 4.64. The van der Waals surface area contributed by atoms with Gasteiger partial charge in [0.2, 0.25) is 5.91 Å². The molecule has 1 N–H and O–H groups in total. The molecule has 4 rings (SSSR count). The average molecular weight is 429 g/mol. The lowest BCUT2D eigenvalue weighted by Crippen LogP contribution is -2.23. The number of ether oxygens (including phenoxy) is 2. The summed E-state index contributed by atoms with van der Waals surface area (Å²) < 4.78 is 13.2. The lowest BCUT2D eigenvalue weighted by atomic mass is 9.89. The molecule has 1 amide bonds. The summed E-state index contributed by atoms with van der Waals surface area (Å²) in [7, 11) is 0. The van der Waals surface area contributed by atoms with Gasteiger partial charge in [0.1, 0.15) is 19.0 Å². The van der Waals surface area contributed by atoms with Crippen molar-refractivity contribution in [2.24, 2.45) is 0 Å². The SMILES string of the molecule is C=CCn1c(S[C@@H](C)C(=O)Nc2ccc3c(c2)OCCO3)nnc1C1CCCCC1. The average Bonchev–Trinajstić information content (AvgIpc) is 3.16. The predicted octanol–water partition coefficient (Wildman–Crippen LogP) is 4.40. The minimum absolute atomic E-state index is 0.0935. The molecule has 0 radical (unpaired) electrons. The van der Waals surface area contributed by atoms with Crippen LogP contribution in [-0.2, 0) is 11.3 Å². The van der Waals surface area contributed by atoms with Gasteiger partial charge in [-0.25, -0.2) is 0 Å². The Bertz CT molecular complexity index is 908. The van der Waals surface area contributed by atoms with Crippen molar-refractivity contribution < 1.29 is 14.3 Å². The van der Waals surface area contributed by atoms with E-state index in [1.54, 1.807) is 6.07 Å². The molecule has 1 aromatic heterocycles. The number of fused-ring (bicyclic) bond motifs is 1. The summed E-state index contributed by atoms with van der Waals surface area (Å²) in [5.74, 6) is 2.74. The molecular weight excluding hydrogens is 400 g/mol. The zero-order chi connectivity index (χ0) is 20.9. The van der Waals surface area contributed by atoms with E-state index < -0.39 is 0 Å². The third-order valence-corrected chi connectivity index (χ3v) is 6.57. The number of thioether (sulfide) groups is 1. The molecule has 1 saturated carbocycles. The Balaban J connectivity index is 1.43. The van der Waals surface area contributed by atoms with Gasteiger partial charge in [-0.2, -0.15) is 0 Å². The van der Waals surface area contributed by atoms with Gasteiger partial charge < -0.3 is 19.4 Å². The summed E-state index contributed by atoms with van der Waals surface area (Å²) in [4.78, 5) is 12.8. The van der Waals surface area contributed by atoms with E-state index in [-0.39, 0.29) is 11.2 Å². The van der Waals surface area contributed by atoms with Crippen molar-refractivity contribution in [1.82, 2.24) is 14.8 Å². The summed E-state index contributed by atoms with van der Waals surface area (Å²) in [6.07, 6.45) is 7.94. The number of rotatable bonds is 7. The fourth-order valence-corrected chi connectivity index (χ4v) is 4.79. The molecular formula is C22H28N4O3S. The van der Waals surface area contributed by atoms with Crippen LogP contribution in [0.25, 0.3) is 0 Å². The molecule has 1 fully saturated rings. The van der Waals surface area contributed by atoms with Crippen LogP contribution in [-0.4, -0.2) is 39.1 Å². The van der Waals surface area contributed by atoms with Crippen molar-refractivity contribution in [2.45, 2.75) is 61.9 Å². The Morgan fingerprint density at radius 3 is 2.80 bits per heavy atom. The van der Waals surface area contributed by atoms with Gasteiger partial charge in [0.25, 0.3) is 0 Å². The van der Waals surface area contributed by atoms with Crippen molar-refractivity contribution in [2.75, 3.05) is 18.5 Å². The van der Waals surface area contributed by atoms with E-state index in [9.17, 15) is 4.79 Å². The Morgan fingerprint density at radius 2 is 2.03 bits per heavy atom. The molecule has 2 aromatic rings. The number of hydrogen-bond donors (Lipinski definition) is 1. The molecule has 8 heteroatoms. The van der Waals surface area contributed by atoms with Crippen LogP contribution in [0.3, 0.4) is 0 Å². The maximum absolute atomic E-state index is 12.8. The van der Waals surface area contributed by atoms with Crippen LogP contribution in [0.5, 0.6) is 11.5 Å². The largest absolute Gasteiger partial charge is 0.486 e. The molecule has 30 heavy (non-hydrogen) atoms. The Labute approximate surface area is 181 Å². The molecule has 2 heterocycles. The molecule has 7 nitrogen and oxygen atoms in total. The van der Waals surface area contributed by atoms with Crippen molar-refractivity contribution in [3.63, 3.8) is 0 Å². The van der Waals surface area contributed by atoms with Gasteiger partial charge in [-0.3, -0.25) is 4.79 Å². The second-order valence-corrected chi connectivity index (χ2v) is 8.99. The highest BCUT2D eigenvalue weighted by Gasteiger charge is 2.25. The summed E-state index contributed by atoms with van der Waals surface area (Å²) in [6, 6.07) is 5.44. The standard InChI is InChI=1S/C22H28N4O3S/c1-3-11-26-20(16-7-5-4-6-8-16)24-25-22(26)30-15(2)21(27)23-17-9-10-18-19(14-17)29-13-12-28-18/h3,9-10,14-16H,1,4-8,11-13H2,2H3,(H,23,27)/t15-/m0/s1. The number of anilines is 1. The van der Waals surface area contributed by atoms with Gasteiger partial charge in [0.05, 0.1) is 5.25 Å². The van der Waals surface area contributed by atoms with Gasteiger partial charge in [0.15, 0.2) is 16.7 Å². The van der Waals surface area contributed by atoms with Gasteiger partial charge in [-0.05, 0) is 31.9 Å². The number of nitrogens with zero attached hydrogens (tertiary/aromatic N) is 3. The molecule has 1 atom stereocenters. The lowest BCUT2D eigenvalue weighted by Gasteiger charge is -2.21. The topological polar surface area (TPSA) is 78.3 Å². The van der Waals surface area contributed by atoms with E-state index in [1.165, 1.54) is 31.0 Å². The van der Waals surface area contributed by atoms with Gasteiger partial charge >= 0.3 is 0 Å². The van der Waals surface area contributed by atoms with E-state index in [0.717, 1.165) is 23.8 Å². The Hall–Kier alpha value is -2.48. The van der Waals surface area contributed by atoms with Crippen LogP contribution in [0.4, 0.5) is 5.69 Å². The maximum atomic E-state index is 12.8. The molecule has 0 spiro atoms. The molecule has 0 bridgehead atoms. The first-order valence-electron chi connectivity index (χ1n) is 10.6. The van der Waals surface area contributed by atoms with Gasteiger partial charge in [-0.1, -0.05) is 37.1 Å². The van der Waals surface area contributed by atoms with E-state index in [4.69, 9.17) is 9.47 Å². The van der Waals surface area contributed by atoms with Crippen LogP contribution in [0.15, 0.2) is 36.0 Å². The number of allylic oxidation sites excluding steroid dienone is 1.